The zero-order valence-electron chi connectivity index (χ0n) is 27.5. The SMILES string of the molecule is COc1nc(-c2cccc(-c3cccc(-c4ccn5c(=O)c(C6=NCC[C@@H](C(=O)O)N6)cnc5c4)c3Cl)c2Cl)ccc1CNC[C@@H]1CCC(=O)N1. The van der Waals surface area contributed by atoms with Crippen LogP contribution in [-0.4, -0.2) is 69.5 Å². The van der Waals surface area contributed by atoms with Crippen molar-refractivity contribution in [2.24, 2.45) is 4.99 Å². The largest absolute Gasteiger partial charge is 0.481 e. The second-order valence-corrected chi connectivity index (χ2v) is 13.1. The van der Waals surface area contributed by atoms with Crippen LogP contribution in [0.1, 0.15) is 30.4 Å². The Labute approximate surface area is 302 Å². The summed E-state index contributed by atoms with van der Waals surface area (Å²) in [6.07, 6.45) is 4.73. The average molecular weight is 727 g/mol. The van der Waals surface area contributed by atoms with Gasteiger partial charge in [-0.25, -0.2) is 14.8 Å². The van der Waals surface area contributed by atoms with Crippen molar-refractivity contribution in [2.45, 2.75) is 37.9 Å². The number of amides is 1. The van der Waals surface area contributed by atoms with E-state index >= 15 is 0 Å². The summed E-state index contributed by atoms with van der Waals surface area (Å²) in [5.74, 6) is -0.231. The molecule has 7 rings (SSSR count). The van der Waals surface area contributed by atoms with Crippen LogP contribution in [0.5, 0.6) is 5.88 Å². The number of benzene rings is 2. The molecule has 2 aromatic carbocycles. The quantitative estimate of drug-likeness (QED) is 0.156. The standard InChI is InChI=1S/C37H33Cl2N7O5/c1-51-35-21(17-40-18-22-9-11-31(47)43-22)8-10-28(45-35)26-7-3-6-25(33(26)39)24-5-2-4-23(32(24)38)20-13-15-46-30(16-20)42-19-27(36(46)48)34-41-14-12-29(44-34)37(49)50/h2-8,10,13,15-16,19,22,29,40H,9,11-12,14,17-18H2,1H3,(H,41,44)(H,43,47)(H,49,50)/t22-,29-/m0/s1. The zero-order chi connectivity index (χ0) is 35.6. The maximum atomic E-state index is 13.4. The number of carboxylic acids is 1. The zero-order valence-corrected chi connectivity index (χ0v) is 29.0. The first-order valence-corrected chi connectivity index (χ1v) is 17.1. The van der Waals surface area contributed by atoms with Crippen molar-refractivity contribution < 1.29 is 19.4 Å². The molecule has 5 aromatic rings. The smallest absolute Gasteiger partial charge is 0.326 e. The van der Waals surface area contributed by atoms with Gasteiger partial charge >= 0.3 is 5.97 Å². The Hall–Kier alpha value is -5.30. The maximum absolute atomic E-state index is 13.4. The van der Waals surface area contributed by atoms with Crippen molar-refractivity contribution in [2.75, 3.05) is 20.2 Å². The molecule has 2 aliphatic rings. The first kappa shape index (κ1) is 34.2. The number of rotatable bonds is 10. The number of carboxylic acid groups (broad SMARTS) is 1. The van der Waals surface area contributed by atoms with Crippen LogP contribution < -0.4 is 26.2 Å². The fourth-order valence-corrected chi connectivity index (χ4v) is 7.05. The number of aliphatic imine (C=N–C) groups is 1. The van der Waals surface area contributed by atoms with E-state index in [1.165, 1.54) is 10.6 Å². The number of hydrogen-bond donors (Lipinski definition) is 4. The van der Waals surface area contributed by atoms with Crippen LogP contribution in [0.2, 0.25) is 10.0 Å². The number of methoxy groups -OCH3 is 1. The molecule has 2 atom stereocenters. The molecule has 0 unspecified atom stereocenters. The third kappa shape index (κ3) is 6.90. The van der Waals surface area contributed by atoms with Crippen molar-refractivity contribution in [3.63, 3.8) is 0 Å². The van der Waals surface area contributed by atoms with E-state index < -0.39 is 12.0 Å². The van der Waals surface area contributed by atoms with E-state index in [4.69, 9.17) is 32.9 Å². The molecule has 0 saturated carbocycles. The predicted octanol–water partition coefficient (Wildman–Crippen LogP) is 4.97. The summed E-state index contributed by atoms with van der Waals surface area (Å²) in [6.45, 7) is 1.48. The molecule has 1 amide bonds. The Morgan fingerprint density at radius 1 is 0.980 bits per heavy atom. The van der Waals surface area contributed by atoms with Crippen molar-refractivity contribution in [3.8, 4) is 39.4 Å². The van der Waals surface area contributed by atoms with Crippen LogP contribution in [0.4, 0.5) is 0 Å². The van der Waals surface area contributed by atoms with Gasteiger partial charge in [-0.2, -0.15) is 0 Å². The number of amidine groups is 1. The number of aromatic nitrogens is 3. The number of carbonyl (C=O) groups excluding carboxylic acids is 1. The molecule has 2 aliphatic heterocycles. The second-order valence-electron chi connectivity index (χ2n) is 12.3. The lowest BCUT2D eigenvalue weighted by molar-refractivity contribution is -0.139. The molecule has 260 valence electrons. The van der Waals surface area contributed by atoms with E-state index in [1.807, 2.05) is 48.5 Å². The highest BCUT2D eigenvalue weighted by Crippen LogP contribution is 2.42. The minimum absolute atomic E-state index is 0.0833. The molecule has 3 aromatic heterocycles. The molecular weight excluding hydrogens is 693 g/mol. The summed E-state index contributed by atoms with van der Waals surface area (Å²) in [4.78, 5) is 50.0. The molecule has 0 radical (unpaired) electrons. The van der Waals surface area contributed by atoms with Gasteiger partial charge in [0.2, 0.25) is 11.8 Å². The summed E-state index contributed by atoms with van der Waals surface area (Å²) in [7, 11) is 1.58. The Morgan fingerprint density at radius 2 is 1.73 bits per heavy atom. The van der Waals surface area contributed by atoms with E-state index in [9.17, 15) is 19.5 Å². The Kier molecular flexibility index (Phi) is 9.72. The Morgan fingerprint density at radius 3 is 2.45 bits per heavy atom. The molecule has 1 saturated heterocycles. The lowest BCUT2D eigenvalue weighted by atomic mass is 9.97. The minimum atomic E-state index is -1.00. The maximum Gasteiger partial charge on any atom is 0.326 e. The molecule has 0 bridgehead atoms. The summed E-state index contributed by atoms with van der Waals surface area (Å²) >= 11 is 14.2. The van der Waals surface area contributed by atoms with Crippen LogP contribution in [0, 0.1) is 0 Å². The number of hydrogen-bond acceptors (Lipinski definition) is 9. The third-order valence-electron chi connectivity index (χ3n) is 9.06. The molecule has 0 aliphatic carbocycles. The number of pyridine rings is 2. The highest BCUT2D eigenvalue weighted by atomic mass is 35.5. The van der Waals surface area contributed by atoms with Gasteiger partial charge in [0.15, 0.2) is 0 Å². The van der Waals surface area contributed by atoms with Gasteiger partial charge in [0.1, 0.15) is 23.1 Å². The van der Waals surface area contributed by atoms with Gasteiger partial charge in [0.25, 0.3) is 5.56 Å². The number of carbonyl (C=O) groups is 2. The lowest BCUT2D eigenvalue weighted by Gasteiger charge is -2.21. The van der Waals surface area contributed by atoms with E-state index in [0.717, 1.165) is 17.5 Å². The van der Waals surface area contributed by atoms with Crippen molar-refractivity contribution in [1.82, 2.24) is 30.3 Å². The topological polar surface area (TPSA) is 159 Å². The van der Waals surface area contributed by atoms with E-state index in [-0.39, 0.29) is 28.9 Å². The van der Waals surface area contributed by atoms with Gasteiger partial charge in [0.05, 0.1) is 22.8 Å². The number of aliphatic carboxylic acids is 1. The van der Waals surface area contributed by atoms with Crippen molar-refractivity contribution >= 4 is 46.6 Å². The third-order valence-corrected chi connectivity index (χ3v) is 9.87. The van der Waals surface area contributed by atoms with Gasteiger partial charge in [-0.1, -0.05) is 65.7 Å². The van der Waals surface area contributed by atoms with E-state index in [1.54, 1.807) is 25.4 Å². The highest BCUT2D eigenvalue weighted by Gasteiger charge is 2.25. The molecule has 0 spiro atoms. The second kappa shape index (κ2) is 14.5. The van der Waals surface area contributed by atoms with Crippen LogP contribution >= 0.6 is 23.2 Å². The summed E-state index contributed by atoms with van der Waals surface area (Å²) in [6, 6.07) is 18.0. The highest BCUT2D eigenvalue weighted by molar-refractivity contribution is 6.39. The van der Waals surface area contributed by atoms with E-state index in [2.05, 4.69) is 25.9 Å². The molecule has 12 nitrogen and oxygen atoms in total. The number of halogens is 2. The molecule has 51 heavy (non-hydrogen) atoms. The average Bonchev–Trinajstić information content (AvgIpc) is 3.56. The predicted molar refractivity (Wildman–Crippen MR) is 196 cm³/mol. The van der Waals surface area contributed by atoms with Gasteiger partial charge < -0.3 is 25.8 Å². The van der Waals surface area contributed by atoms with Gasteiger partial charge in [-0.3, -0.25) is 19.0 Å². The van der Waals surface area contributed by atoms with Gasteiger partial charge in [0, 0.05) is 72.3 Å². The number of ether oxygens (including phenoxy) is 1. The fraction of sp³-hybridized carbons (Fsp3) is 0.243. The molecule has 4 N–H and O–H groups in total. The van der Waals surface area contributed by atoms with Crippen LogP contribution in [0.3, 0.4) is 0 Å². The van der Waals surface area contributed by atoms with Gasteiger partial charge in [-0.05, 0) is 36.6 Å². The molecular formula is C37H33Cl2N7O5. The normalized spacial score (nSPS) is 17.2. The molecule has 5 heterocycles. The minimum Gasteiger partial charge on any atom is -0.481 e. The first-order valence-electron chi connectivity index (χ1n) is 16.4. The van der Waals surface area contributed by atoms with Crippen LogP contribution in [-0.2, 0) is 16.1 Å². The van der Waals surface area contributed by atoms with Gasteiger partial charge in [-0.15, -0.1) is 0 Å². The fourth-order valence-electron chi connectivity index (χ4n) is 6.38. The monoisotopic (exact) mass is 725 g/mol. The Bertz CT molecular complexity index is 2270. The molecule has 1 fully saturated rings. The van der Waals surface area contributed by atoms with Crippen molar-refractivity contribution in [1.29, 1.82) is 0 Å². The first-order chi connectivity index (χ1) is 24.7. The molecule has 14 heteroatoms. The number of nitrogens with zero attached hydrogens (tertiary/aromatic N) is 4. The number of fused-ring (bicyclic) bond motifs is 1. The van der Waals surface area contributed by atoms with E-state index in [0.29, 0.717) is 82.0 Å². The number of nitrogens with one attached hydrogen (secondary N) is 3. The van der Waals surface area contributed by atoms with Crippen LogP contribution in [0.15, 0.2) is 82.8 Å². The summed E-state index contributed by atoms with van der Waals surface area (Å²) in [5, 5.41) is 19.5. The summed E-state index contributed by atoms with van der Waals surface area (Å²) in [5.41, 5.74) is 5.30. The summed E-state index contributed by atoms with van der Waals surface area (Å²) < 4.78 is 7.02. The van der Waals surface area contributed by atoms with Crippen LogP contribution in [0.25, 0.3) is 39.2 Å². The Balaban J connectivity index is 1.15. The lowest BCUT2D eigenvalue weighted by Crippen LogP contribution is -2.46. The van der Waals surface area contributed by atoms with Crippen molar-refractivity contribution in [3.05, 3.63) is 105 Å².